The molecule has 0 saturated heterocycles. The van der Waals surface area contributed by atoms with Crippen LogP contribution >= 0.6 is 0 Å². The van der Waals surface area contributed by atoms with Gasteiger partial charge in [0.2, 0.25) is 0 Å². The maximum Gasteiger partial charge on any atom is 0.140 e. The van der Waals surface area contributed by atoms with Crippen LogP contribution in [0.2, 0.25) is 0 Å². The highest BCUT2D eigenvalue weighted by Crippen LogP contribution is 2.10. The summed E-state index contributed by atoms with van der Waals surface area (Å²) in [5.41, 5.74) is 0.983. The van der Waals surface area contributed by atoms with Crippen molar-refractivity contribution in [2.45, 2.75) is 26.4 Å². The van der Waals surface area contributed by atoms with E-state index in [-0.39, 0.29) is 11.6 Å². The van der Waals surface area contributed by atoms with Gasteiger partial charge in [0.25, 0.3) is 0 Å². The summed E-state index contributed by atoms with van der Waals surface area (Å²) in [7, 11) is 1.67. The van der Waals surface area contributed by atoms with Crippen LogP contribution in [0.15, 0.2) is 18.2 Å². The van der Waals surface area contributed by atoms with Gasteiger partial charge in [-0.25, -0.2) is 4.39 Å². The molecule has 1 atom stereocenters. The first-order valence-corrected chi connectivity index (χ1v) is 5.99. The zero-order chi connectivity index (χ0) is 13.5. The van der Waals surface area contributed by atoms with Crippen LogP contribution in [0.1, 0.15) is 25.0 Å². The second kappa shape index (κ2) is 7.10. The number of hydrogen-bond acceptors (Lipinski definition) is 3. The van der Waals surface area contributed by atoms with Gasteiger partial charge >= 0.3 is 0 Å². The molecular formula is C14H19FN2O. The second-order valence-corrected chi connectivity index (χ2v) is 4.61. The van der Waals surface area contributed by atoms with Gasteiger partial charge in [-0.15, -0.1) is 0 Å². The van der Waals surface area contributed by atoms with Crippen molar-refractivity contribution in [3.8, 4) is 6.07 Å². The predicted octanol–water partition coefficient (Wildman–Crippen LogP) is 2.46. The Hall–Kier alpha value is -1.44. The molecule has 1 aromatic rings. The summed E-state index contributed by atoms with van der Waals surface area (Å²) in [5.74, 6) is -0.0283. The Balaban J connectivity index is 2.65. The Morgan fingerprint density at radius 1 is 1.44 bits per heavy atom. The molecule has 1 aromatic carbocycles. The standard InChI is InChI=1S/C14H19FN2O/c1-10(2)14(9-18-3)17-8-11-4-5-13(15)12(6-11)7-16/h4-6,10,14,17H,8-9H2,1-3H3. The van der Waals surface area contributed by atoms with E-state index in [9.17, 15) is 4.39 Å². The molecule has 1 unspecified atom stereocenters. The van der Waals surface area contributed by atoms with Gasteiger partial charge in [-0.1, -0.05) is 19.9 Å². The lowest BCUT2D eigenvalue weighted by Crippen LogP contribution is -2.37. The summed E-state index contributed by atoms with van der Waals surface area (Å²) in [4.78, 5) is 0. The number of rotatable bonds is 6. The zero-order valence-electron chi connectivity index (χ0n) is 11.0. The molecule has 0 aliphatic carbocycles. The van der Waals surface area contributed by atoms with E-state index in [1.807, 2.05) is 6.07 Å². The minimum atomic E-state index is -0.474. The molecule has 1 rings (SSSR count). The summed E-state index contributed by atoms with van der Waals surface area (Å²) in [6.07, 6.45) is 0. The van der Waals surface area contributed by atoms with E-state index >= 15 is 0 Å². The minimum absolute atomic E-state index is 0.0853. The molecule has 0 radical (unpaired) electrons. The van der Waals surface area contributed by atoms with E-state index in [1.54, 1.807) is 19.2 Å². The number of nitriles is 1. The Morgan fingerprint density at radius 3 is 2.72 bits per heavy atom. The molecule has 1 N–H and O–H groups in total. The van der Waals surface area contributed by atoms with Gasteiger partial charge in [0.1, 0.15) is 11.9 Å². The highest BCUT2D eigenvalue weighted by molar-refractivity contribution is 5.34. The van der Waals surface area contributed by atoms with Gasteiger partial charge in [-0.3, -0.25) is 0 Å². The van der Waals surface area contributed by atoms with Gasteiger partial charge in [0.15, 0.2) is 0 Å². The third-order valence-electron chi connectivity index (χ3n) is 2.87. The molecule has 0 aromatic heterocycles. The molecule has 3 nitrogen and oxygen atoms in total. The zero-order valence-corrected chi connectivity index (χ0v) is 11.0. The largest absolute Gasteiger partial charge is 0.383 e. The van der Waals surface area contributed by atoms with Crippen molar-refractivity contribution in [3.05, 3.63) is 35.1 Å². The normalized spacial score (nSPS) is 12.4. The van der Waals surface area contributed by atoms with Crippen molar-refractivity contribution in [2.75, 3.05) is 13.7 Å². The second-order valence-electron chi connectivity index (χ2n) is 4.61. The third-order valence-corrected chi connectivity index (χ3v) is 2.87. The first kappa shape index (κ1) is 14.6. The van der Waals surface area contributed by atoms with Gasteiger partial charge < -0.3 is 10.1 Å². The van der Waals surface area contributed by atoms with Crippen molar-refractivity contribution in [2.24, 2.45) is 5.92 Å². The van der Waals surface area contributed by atoms with Crippen LogP contribution in [0.3, 0.4) is 0 Å². The molecule has 0 heterocycles. The smallest absolute Gasteiger partial charge is 0.140 e. The van der Waals surface area contributed by atoms with Crippen molar-refractivity contribution >= 4 is 0 Å². The van der Waals surface area contributed by atoms with Gasteiger partial charge in [-0.2, -0.15) is 5.26 Å². The lowest BCUT2D eigenvalue weighted by Gasteiger charge is -2.21. The van der Waals surface area contributed by atoms with Gasteiger partial charge in [0.05, 0.1) is 12.2 Å². The number of methoxy groups -OCH3 is 1. The van der Waals surface area contributed by atoms with Crippen molar-refractivity contribution < 1.29 is 9.13 Å². The van der Waals surface area contributed by atoms with Crippen LogP contribution in [0, 0.1) is 23.1 Å². The molecule has 0 aliphatic rings. The summed E-state index contributed by atoms with van der Waals surface area (Å²) in [6, 6.07) is 6.68. The average Bonchev–Trinajstić information content (AvgIpc) is 2.35. The van der Waals surface area contributed by atoms with Crippen LogP contribution < -0.4 is 5.32 Å². The van der Waals surface area contributed by atoms with Crippen LogP contribution in [0.4, 0.5) is 4.39 Å². The monoisotopic (exact) mass is 250 g/mol. The number of hydrogen-bond donors (Lipinski definition) is 1. The van der Waals surface area contributed by atoms with E-state index < -0.39 is 5.82 Å². The average molecular weight is 250 g/mol. The predicted molar refractivity (Wildman–Crippen MR) is 68.5 cm³/mol. The molecule has 0 aliphatic heterocycles. The molecule has 0 spiro atoms. The first-order chi connectivity index (χ1) is 8.58. The van der Waals surface area contributed by atoms with Crippen LogP contribution in [0.5, 0.6) is 0 Å². The Labute approximate surface area is 108 Å². The SMILES string of the molecule is COCC(NCc1ccc(F)c(C#N)c1)C(C)C. The van der Waals surface area contributed by atoms with E-state index in [2.05, 4.69) is 19.2 Å². The highest BCUT2D eigenvalue weighted by Gasteiger charge is 2.12. The van der Waals surface area contributed by atoms with E-state index in [4.69, 9.17) is 10.00 Å². The van der Waals surface area contributed by atoms with Crippen LogP contribution in [-0.2, 0) is 11.3 Å². The van der Waals surface area contributed by atoms with Crippen LogP contribution in [-0.4, -0.2) is 19.8 Å². The molecular weight excluding hydrogens is 231 g/mol. The molecule has 0 amide bonds. The molecule has 0 saturated carbocycles. The van der Waals surface area contributed by atoms with E-state index in [0.29, 0.717) is 19.1 Å². The molecule has 0 bridgehead atoms. The fourth-order valence-electron chi connectivity index (χ4n) is 1.68. The number of ether oxygens (including phenoxy) is 1. The topological polar surface area (TPSA) is 45.0 Å². The summed E-state index contributed by atoms with van der Waals surface area (Å²) in [6.45, 7) is 5.45. The fourth-order valence-corrected chi connectivity index (χ4v) is 1.68. The maximum atomic E-state index is 13.2. The number of benzene rings is 1. The fraction of sp³-hybridized carbons (Fsp3) is 0.500. The van der Waals surface area contributed by atoms with Crippen molar-refractivity contribution in [1.82, 2.24) is 5.32 Å². The number of nitrogens with zero attached hydrogens (tertiary/aromatic N) is 1. The van der Waals surface area contributed by atoms with E-state index in [1.165, 1.54) is 6.07 Å². The Morgan fingerprint density at radius 2 is 2.17 bits per heavy atom. The molecule has 98 valence electrons. The highest BCUT2D eigenvalue weighted by atomic mass is 19.1. The molecule has 18 heavy (non-hydrogen) atoms. The third kappa shape index (κ3) is 4.10. The number of halogens is 1. The van der Waals surface area contributed by atoms with Gasteiger partial charge in [0, 0.05) is 19.7 Å². The Bertz CT molecular complexity index is 426. The summed E-state index contributed by atoms with van der Waals surface area (Å²) in [5, 5.41) is 12.1. The lowest BCUT2D eigenvalue weighted by molar-refractivity contribution is 0.146. The Kier molecular flexibility index (Phi) is 5.76. The van der Waals surface area contributed by atoms with Crippen LogP contribution in [0.25, 0.3) is 0 Å². The molecule has 4 heteroatoms. The molecule has 0 fully saturated rings. The van der Waals surface area contributed by atoms with E-state index in [0.717, 1.165) is 5.56 Å². The summed E-state index contributed by atoms with van der Waals surface area (Å²) < 4.78 is 18.3. The quantitative estimate of drug-likeness (QED) is 0.843. The maximum absolute atomic E-state index is 13.2. The minimum Gasteiger partial charge on any atom is -0.383 e. The number of nitrogens with one attached hydrogen (secondary N) is 1. The van der Waals surface area contributed by atoms with Crippen molar-refractivity contribution in [3.63, 3.8) is 0 Å². The summed E-state index contributed by atoms with van der Waals surface area (Å²) >= 11 is 0. The lowest BCUT2D eigenvalue weighted by atomic mass is 10.0. The van der Waals surface area contributed by atoms with Crippen molar-refractivity contribution in [1.29, 1.82) is 5.26 Å². The van der Waals surface area contributed by atoms with Gasteiger partial charge in [-0.05, 0) is 23.6 Å². The first-order valence-electron chi connectivity index (χ1n) is 5.99.